The molecule has 0 aromatic heterocycles. The largest absolute Gasteiger partial charge is 1.00 e. The average molecular weight is 658 g/mol. The molecule has 2 aliphatic rings. The van der Waals surface area contributed by atoms with Crippen molar-refractivity contribution < 1.29 is 46.1 Å². The summed E-state index contributed by atoms with van der Waals surface area (Å²) in [4.78, 5) is 2.50. The van der Waals surface area contributed by atoms with Gasteiger partial charge < -0.3 is 24.8 Å². The van der Waals surface area contributed by atoms with Crippen LogP contribution in [0.5, 0.6) is 0 Å². The summed E-state index contributed by atoms with van der Waals surface area (Å²) in [6.07, 6.45) is 10.6. The van der Waals surface area contributed by atoms with Gasteiger partial charge in [-0.25, -0.2) is 0 Å². The van der Waals surface area contributed by atoms with Gasteiger partial charge in [-0.1, -0.05) is 0 Å². The van der Waals surface area contributed by atoms with Crippen LogP contribution in [-0.2, 0) is 27.7 Å². The fraction of sp³-hybridized carbons (Fsp3) is 0.216. The van der Waals surface area contributed by atoms with Crippen molar-refractivity contribution in [1.29, 1.82) is 0 Å². The van der Waals surface area contributed by atoms with Gasteiger partial charge in [0.2, 0.25) is 0 Å². The van der Waals surface area contributed by atoms with Crippen LogP contribution in [0.3, 0.4) is 0 Å². The maximum absolute atomic E-state index is 2.59. The Labute approximate surface area is 266 Å². The van der Waals surface area contributed by atoms with Gasteiger partial charge >= 0.3 is 243 Å². The minimum atomic E-state index is -2.59. The van der Waals surface area contributed by atoms with Gasteiger partial charge in [0.25, 0.3) is 0 Å². The fourth-order valence-electron chi connectivity index (χ4n) is 6.49. The third kappa shape index (κ3) is 6.03. The molecule has 0 aliphatic heterocycles. The van der Waals surface area contributed by atoms with Crippen LogP contribution in [0.2, 0.25) is 3.63 Å². The number of benzene rings is 4. The predicted octanol–water partition coefficient (Wildman–Crippen LogP) is 2.97. The molecule has 4 aromatic rings. The molecule has 4 heteroatoms. The molecule has 0 saturated carbocycles. The molecule has 208 valence electrons. The zero-order valence-electron chi connectivity index (χ0n) is 24.0. The van der Waals surface area contributed by atoms with E-state index in [0.717, 1.165) is 19.5 Å². The van der Waals surface area contributed by atoms with Crippen LogP contribution in [0.1, 0.15) is 52.2 Å². The number of hydrogen-bond donors (Lipinski definition) is 0. The zero-order chi connectivity index (χ0) is 26.8. The second kappa shape index (κ2) is 14.1. The standard InChI is InChI=1S/C19H22N.C13H10.C5H5.2ClH.Zr/c1-4-14-7-9-18-15(11-14)12-16-13-17(8-10-19(16)18)20(5-2)6-3;1-3-7-12(8-4-1)11-13-9-5-2-6-10-13;1-2-4-5-3-1;;;/h7-13H,4-6H2,1-3H3;1-10H;1-5H;2*1H;/q;;;;;+2/p-2. The summed E-state index contributed by atoms with van der Waals surface area (Å²) in [5.41, 5.74) is 11.6. The predicted molar refractivity (Wildman–Crippen MR) is 165 cm³/mol. The molecule has 0 spiro atoms. The Kier molecular flexibility index (Phi) is 10.8. The summed E-state index contributed by atoms with van der Waals surface area (Å²) >= 11 is -2.59. The Morgan fingerprint density at radius 1 is 0.659 bits per heavy atom. The van der Waals surface area contributed by atoms with Crippen molar-refractivity contribution in [1.82, 2.24) is 0 Å². The topological polar surface area (TPSA) is 3.24 Å². The first-order valence-corrected chi connectivity index (χ1v) is 18.5. The molecule has 1 unspecified atom stereocenters. The van der Waals surface area contributed by atoms with E-state index >= 15 is 0 Å². The number of fused-ring (bicyclic) bond motifs is 3. The Balaban J connectivity index is 0.00000194. The van der Waals surface area contributed by atoms with Crippen molar-refractivity contribution >= 4 is 8.89 Å². The summed E-state index contributed by atoms with van der Waals surface area (Å²) in [6, 6.07) is 37.1. The first kappa shape index (κ1) is 31.4. The molecule has 41 heavy (non-hydrogen) atoms. The molecule has 4 aromatic carbocycles. The summed E-state index contributed by atoms with van der Waals surface area (Å²) in [6.45, 7) is 8.87. The molecule has 1 atom stereocenters. The summed E-state index contributed by atoms with van der Waals surface area (Å²) in [5.74, 6) is 0. The maximum Gasteiger partial charge on any atom is -1.00 e. The van der Waals surface area contributed by atoms with Gasteiger partial charge in [0.15, 0.2) is 0 Å². The molecular weight excluding hydrogens is 621 g/mol. The van der Waals surface area contributed by atoms with E-state index in [0.29, 0.717) is 7.25 Å². The number of allylic oxidation sites excluding steroid dienone is 4. The third-order valence-corrected chi connectivity index (χ3v) is 17.0. The first-order valence-electron chi connectivity index (χ1n) is 14.4. The van der Waals surface area contributed by atoms with Crippen LogP contribution in [0.15, 0.2) is 121 Å². The van der Waals surface area contributed by atoms with E-state index in [1.807, 2.05) is 0 Å². The van der Waals surface area contributed by atoms with E-state index in [4.69, 9.17) is 0 Å². The fourth-order valence-corrected chi connectivity index (χ4v) is 15.8. The van der Waals surface area contributed by atoms with Gasteiger partial charge in [-0.3, -0.25) is 0 Å². The van der Waals surface area contributed by atoms with Crippen LogP contribution in [0.4, 0.5) is 5.69 Å². The molecule has 0 radical (unpaired) electrons. The minimum absolute atomic E-state index is 0. The van der Waals surface area contributed by atoms with Crippen molar-refractivity contribution in [2.45, 2.75) is 34.4 Å². The molecule has 0 bridgehead atoms. The quantitative estimate of drug-likeness (QED) is 0.282. The van der Waals surface area contributed by atoms with Crippen molar-refractivity contribution in [3.05, 3.63) is 149 Å². The van der Waals surface area contributed by atoms with Crippen molar-refractivity contribution in [3.63, 3.8) is 0 Å². The van der Waals surface area contributed by atoms with Crippen molar-refractivity contribution in [2.75, 3.05) is 18.0 Å². The second-order valence-corrected chi connectivity index (χ2v) is 17.0. The van der Waals surface area contributed by atoms with E-state index in [1.165, 1.54) is 33.5 Å². The average Bonchev–Trinajstić information content (AvgIpc) is 3.64. The maximum atomic E-state index is 2.55. The molecule has 0 fully saturated rings. The number of rotatable bonds is 8. The summed E-state index contributed by atoms with van der Waals surface area (Å²) in [5, 5.41) is 0. The van der Waals surface area contributed by atoms with Crippen LogP contribution in [0.25, 0.3) is 11.1 Å². The number of aryl methyl sites for hydroxylation is 1. The van der Waals surface area contributed by atoms with Gasteiger partial charge in [0.1, 0.15) is 0 Å². The van der Waals surface area contributed by atoms with Crippen LogP contribution < -0.4 is 29.7 Å². The van der Waals surface area contributed by atoms with Crippen LogP contribution in [-0.4, -0.2) is 16.3 Å². The smallest absolute Gasteiger partial charge is 1.00 e. The van der Waals surface area contributed by atoms with Crippen molar-refractivity contribution in [3.8, 4) is 11.1 Å². The Hall–Kier alpha value is -2.51. The van der Waals surface area contributed by atoms with E-state index in [2.05, 4.69) is 147 Å². The molecule has 2 aliphatic carbocycles. The van der Waals surface area contributed by atoms with Gasteiger partial charge in [-0.15, -0.1) is 0 Å². The number of halogens is 2. The number of nitrogens with zero attached hydrogens (tertiary/aromatic N) is 1. The van der Waals surface area contributed by atoms with Crippen LogP contribution >= 0.6 is 0 Å². The molecular formula is C37H37Cl2NZr. The van der Waals surface area contributed by atoms with Crippen molar-refractivity contribution in [2.24, 2.45) is 0 Å². The summed E-state index contributed by atoms with van der Waals surface area (Å²) < 4.78 is 2.58. The minimum Gasteiger partial charge on any atom is -1.00 e. The third-order valence-electron chi connectivity index (χ3n) is 8.43. The van der Waals surface area contributed by atoms with Gasteiger partial charge in [0.05, 0.1) is 0 Å². The van der Waals surface area contributed by atoms with E-state index < -0.39 is 21.3 Å². The van der Waals surface area contributed by atoms with Gasteiger partial charge in [-0.2, -0.15) is 0 Å². The monoisotopic (exact) mass is 655 g/mol. The van der Waals surface area contributed by atoms with E-state index in [1.54, 1.807) is 14.3 Å². The van der Waals surface area contributed by atoms with E-state index in [9.17, 15) is 0 Å². The van der Waals surface area contributed by atoms with Gasteiger partial charge in [-0.05, 0) is 0 Å². The number of hydrogen-bond acceptors (Lipinski definition) is 1. The van der Waals surface area contributed by atoms with Crippen LogP contribution in [0, 0.1) is 0 Å². The molecule has 0 N–H and O–H groups in total. The second-order valence-electron chi connectivity index (χ2n) is 10.5. The normalized spacial score (nSPS) is 14.3. The van der Waals surface area contributed by atoms with E-state index in [-0.39, 0.29) is 24.8 Å². The Morgan fingerprint density at radius 3 is 1.73 bits per heavy atom. The van der Waals surface area contributed by atoms with Gasteiger partial charge in [0, 0.05) is 0 Å². The Morgan fingerprint density at radius 2 is 1.20 bits per heavy atom. The molecule has 0 amide bonds. The molecule has 1 nitrogen and oxygen atoms in total. The molecule has 0 saturated heterocycles. The number of anilines is 1. The molecule has 6 rings (SSSR count). The summed E-state index contributed by atoms with van der Waals surface area (Å²) in [7, 11) is 0. The SMILES string of the molecule is CCc1ccc2c(c1)[CH]([Zr+2](=[C](c1ccccc1)c1ccccc1)[CH]1C=CC=C1)c1cc(N(CC)CC)ccc1-2.[Cl-].[Cl-]. The first-order chi connectivity index (χ1) is 19.2. The molecule has 0 heterocycles. The Bertz CT molecular complexity index is 1520. The zero-order valence-corrected chi connectivity index (χ0v) is 28.0.